The van der Waals surface area contributed by atoms with E-state index in [1.165, 1.54) is 6.26 Å². The number of fused-ring (bicyclic) bond motifs is 1. The van der Waals surface area contributed by atoms with Gasteiger partial charge in [0.15, 0.2) is 6.29 Å². The van der Waals surface area contributed by atoms with Crippen molar-refractivity contribution in [1.29, 1.82) is 0 Å². The van der Waals surface area contributed by atoms with Gasteiger partial charge in [0.1, 0.15) is 11.8 Å². The van der Waals surface area contributed by atoms with E-state index < -0.39 is 0 Å². The molecule has 2 aromatic heterocycles. The summed E-state index contributed by atoms with van der Waals surface area (Å²) in [6, 6.07) is 7.37. The van der Waals surface area contributed by atoms with E-state index in [9.17, 15) is 9.59 Å². The van der Waals surface area contributed by atoms with Gasteiger partial charge >= 0.3 is 0 Å². The Hall–Kier alpha value is -2.20. The standard InChI is InChI=1S/C14H8O3S/c15-6-11-7-17-13-5-9(10-3-4-18-8-10)1-2-12(13)14(11)16/h1-8H. The summed E-state index contributed by atoms with van der Waals surface area (Å²) in [5, 5.41) is 4.45. The van der Waals surface area contributed by atoms with Gasteiger partial charge in [-0.15, -0.1) is 0 Å². The van der Waals surface area contributed by atoms with Crippen molar-refractivity contribution in [3.63, 3.8) is 0 Å². The monoisotopic (exact) mass is 256 g/mol. The Morgan fingerprint density at radius 2 is 2.06 bits per heavy atom. The molecule has 1 aromatic carbocycles. The van der Waals surface area contributed by atoms with Gasteiger partial charge in [0, 0.05) is 0 Å². The van der Waals surface area contributed by atoms with Crippen molar-refractivity contribution in [3.05, 3.63) is 57.1 Å². The Balaban J connectivity index is 2.26. The first-order valence-corrected chi connectivity index (χ1v) is 6.27. The van der Waals surface area contributed by atoms with Crippen molar-refractivity contribution in [2.75, 3.05) is 0 Å². The minimum Gasteiger partial charge on any atom is -0.463 e. The first-order chi connectivity index (χ1) is 8.79. The van der Waals surface area contributed by atoms with Gasteiger partial charge in [0.2, 0.25) is 5.43 Å². The Kier molecular flexibility index (Phi) is 2.57. The van der Waals surface area contributed by atoms with E-state index >= 15 is 0 Å². The van der Waals surface area contributed by atoms with Crippen molar-refractivity contribution < 1.29 is 9.21 Å². The van der Waals surface area contributed by atoms with E-state index in [2.05, 4.69) is 0 Å². The van der Waals surface area contributed by atoms with Gasteiger partial charge in [-0.05, 0) is 40.1 Å². The molecule has 0 atom stereocenters. The van der Waals surface area contributed by atoms with Crippen molar-refractivity contribution in [1.82, 2.24) is 0 Å². The first kappa shape index (κ1) is 10.9. The predicted molar refractivity (Wildman–Crippen MR) is 71.2 cm³/mol. The number of carbonyl (C=O) groups excluding carboxylic acids is 1. The van der Waals surface area contributed by atoms with Crippen LogP contribution in [0.15, 0.2) is 50.5 Å². The molecule has 2 heterocycles. The number of carbonyl (C=O) groups is 1. The van der Waals surface area contributed by atoms with Gasteiger partial charge in [0.05, 0.1) is 10.9 Å². The highest BCUT2D eigenvalue weighted by Gasteiger charge is 2.07. The summed E-state index contributed by atoms with van der Waals surface area (Å²) in [6.07, 6.45) is 1.72. The van der Waals surface area contributed by atoms with Crippen LogP contribution in [-0.2, 0) is 0 Å². The summed E-state index contributed by atoms with van der Waals surface area (Å²) in [4.78, 5) is 22.5. The molecular weight excluding hydrogens is 248 g/mol. The van der Waals surface area contributed by atoms with Gasteiger partial charge in [-0.3, -0.25) is 9.59 Å². The maximum atomic E-state index is 11.9. The van der Waals surface area contributed by atoms with Crippen molar-refractivity contribution >= 4 is 28.6 Å². The lowest BCUT2D eigenvalue weighted by atomic mass is 10.1. The smallest absolute Gasteiger partial charge is 0.203 e. The summed E-state index contributed by atoms with van der Waals surface area (Å²) in [7, 11) is 0. The van der Waals surface area contributed by atoms with E-state index in [1.54, 1.807) is 17.4 Å². The van der Waals surface area contributed by atoms with Crippen LogP contribution in [0.1, 0.15) is 10.4 Å². The normalized spacial score (nSPS) is 10.7. The third-order valence-electron chi connectivity index (χ3n) is 2.78. The van der Waals surface area contributed by atoms with E-state index in [1.807, 2.05) is 29.0 Å². The van der Waals surface area contributed by atoms with Crippen LogP contribution in [0, 0.1) is 0 Å². The molecule has 3 nitrogen and oxygen atoms in total. The number of thiophene rings is 1. The van der Waals surface area contributed by atoms with Crippen LogP contribution in [0.5, 0.6) is 0 Å². The molecule has 88 valence electrons. The number of hydrogen-bond donors (Lipinski definition) is 0. The van der Waals surface area contributed by atoms with Crippen LogP contribution in [0.2, 0.25) is 0 Å². The molecule has 0 saturated heterocycles. The minimum absolute atomic E-state index is 0.0470. The molecule has 0 saturated carbocycles. The van der Waals surface area contributed by atoms with Crippen LogP contribution in [0.3, 0.4) is 0 Å². The van der Waals surface area contributed by atoms with Gasteiger partial charge in [-0.2, -0.15) is 11.3 Å². The van der Waals surface area contributed by atoms with Crippen molar-refractivity contribution in [3.8, 4) is 11.1 Å². The lowest BCUT2D eigenvalue weighted by Crippen LogP contribution is -2.07. The quantitative estimate of drug-likeness (QED) is 0.661. The Morgan fingerprint density at radius 1 is 1.17 bits per heavy atom. The molecule has 0 radical (unpaired) electrons. The average Bonchev–Trinajstić information content (AvgIpc) is 2.93. The molecule has 0 aliphatic heterocycles. The lowest BCUT2D eigenvalue weighted by Gasteiger charge is -2.01. The van der Waals surface area contributed by atoms with Gasteiger partial charge in [-0.1, -0.05) is 6.07 Å². The predicted octanol–water partition coefficient (Wildman–Crippen LogP) is 3.33. The topological polar surface area (TPSA) is 47.3 Å². The number of hydrogen-bond acceptors (Lipinski definition) is 4. The SMILES string of the molecule is O=Cc1coc2cc(-c3ccsc3)ccc2c1=O. The van der Waals surface area contributed by atoms with Crippen LogP contribution in [0.4, 0.5) is 0 Å². The fraction of sp³-hybridized carbons (Fsp3) is 0. The fourth-order valence-electron chi connectivity index (χ4n) is 1.83. The largest absolute Gasteiger partial charge is 0.463 e. The molecule has 0 bridgehead atoms. The Morgan fingerprint density at radius 3 is 2.78 bits per heavy atom. The number of benzene rings is 1. The second-order valence-corrected chi connectivity index (χ2v) is 4.64. The zero-order valence-electron chi connectivity index (χ0n) is 9.25. The maximum absolute atomic E-state index is 11.9. The first-order valence-electron chi connectivity index (χ1n) is 5.33. The van der Waals surface area contributed by atoms with Gasteiger partial charge in [-0.25, -0.2) is 0 Å². The molecule has 0 spiro atoms. The second-order valence-electron chi connectivity index (χ2n) is 3.86. The summed E-state index contributed by atoms with van der Waals surface area (Å²) in [5.41, 5.74) is 2.33. The van der Waals surface area contributed by atoms with E-state index in [0.717, 1.165) is 11.1 Å². The molecule has 3 rings (SSSR count). The fourth-order valence-corrected chi connectivity index (χ4v) is 2.50. The van der Waals surface area contributed by atoms with E-state index in [4.69, 9.17) is 4.42 Å². The summed E-state index contributed by atoms with van der Waals surface area (Å²) in [6.45, 7) is 0. The average molecular weight is 256 g/mol. The third-order valence-corrected chi connectivity index (χ3v) is 3.47. The molecule has 18 heavy (non-hydrogen) atoms. The molecule has 0 aliphatic carbocycles. The molecular formula is C14H8O3S. The molecule has 0 aliphatic rings. The van der Waals surface area contributed by atoms with Crippen molar-refractivity contribution in [2.24, 2.45) is 0 Å². The van der Waals surface area contributed by atoms with Crippen LogP contribution >= 0.6 is 11.3 Å². The van der Waals surface area contributed by atoms with E-state index in [-0.39, 0.29) is 11.0 Å². The summed E-state index contributed by atoms with van der Waals surface area (Å²) < 4.78 is 5.33. The molecule has 0 fully saturated rings. The van der Waals surface area contributed by atoms with Crippen LogP contribution < -0.4 is 5.43 Å². The summed E-state index contributed by atoms with van der Waals surface area (Å²) >= 11 is 1.61. The van der Waals surface area contributed by atoms with Crippen molar-refractivity contribution in [2.45, 2.75) is 0 Å². The Labute approximate surface area is 106 Å². The highest BCUT2D eigenvalue weighted by molar-refractivity contribution is 7.08. The zero-order valence-corrected chi connectivity index (χ0v) is 10.1. The molecule has 3 aromatic rings. The highest BCUT2D eigenvalue weighted by atomic mass is 32.1. The molecule has 0 unspecified atom stereocenters. The molecule has 0 amide bonds. The molecule has 0 N–H and O–H groups in total. The summed E-state index contributed by atoms with van der Waals surface area (Å²) in [5.74, 6) is 0. The lowest BCUT2D eigenvalue weighted by molar-refractivity contribution is 0.112. The van der Waals surface area contributed by atoms with Gasteiger partial charge in [0.25, 0.3) is 0 Å². The Bertz CT molecular complexity index is 769. The zero-order chi connectivity index (χ0) is 12.5. The second kappa shape index (κ2) is 4.23. The number of rotatable bonds is 2. The van der Waals surface area contributed by atoms with E-state index in [0.29, 0.717) is 17.3 Å². The van der Waals surface area contributed by atoms with Crippen LogP contribution in [-0.4, -0.2) is 6.29 Å². The minimum atomic E-state index is -0.289. The van der Waals surface area contributed by atoms with Crippen LogP contribution in [0.25, 0.3) is 22.1 Å². The highest BCUT2D eigenvalue weighted by Crippen LogP contribution is 2.25. The maximum Gasteiger partial charge on any atom is 0.203 e. The third kappa shape index (κ3) is 1.67. The number of aldehydes is 1. The van der Waals surface area contributed by atoms with Gasteiger partial charge < -0.3 is 4.42 Å². The molecule has 4 heteroatoms.